The molecule has 1 fully saturated rings. The molecular formula is C13H23N5. The van der Waals surface area contributed by atoms with Crippen LogP contribution in [0.5, 0.6) is 0 Å². The molecule has 5 nitrogen and oxygen atoms in total. The summed E-state index contributed by atoms with van der Waals surface area (Å²) in [5.74, 6) is 7.05. The quantitative estimate of drug-likeness (QED) is 0.608. The molecule has 1 aromatic rings. The molecule has 0 atom stereocenters. The zero-order valence-corrected chi connectivity index (χ0v) is 11.5. The third-order valence-corrected chi connectivity index (χ3v) is 4.04. The maximum Gasteiger partial charge on any atom is 0.142 e. The van der Waals surface area contributed by atoms with E-state index in [1.165, 1.54) is 19.3 Å². The lowest BCUT2D eigenvalue weighted by atomic mass is 9.75. The Morgan fingerprint density at radius 2 is 2.06 bits per heavy atom. The molecule has 3 N–H and O–H groups in total. The Bertz CT molecular complexity index is 400. The van der Waals surface area contributed by atoms with Crippen LogP contribution in [0, 0.1) is 0 Å². The van der Waals surface area contributed by atoms with Gasteiger partial charge in [0.05, 0.1) is 0 Å². The maximum absolute atomic E-state index is 5.39. The SMILES string of the molecule is CN(CC1(N(C)C)CCC1)c1cccc(NN)n1. The molecule has 1 heterocycles. The molecule has 0 aromatic carbocycles. The highest BCUT2D eigenvalue weighted by molar-refractivity contribution is 5.46. The van der Waals surface area contributed by atoms with Gasteiger partial charge in [-0.15, -0.1) is 0 Å². The largest absolute Gasteiger partial charge is 0.358 e. The number of aromatic nitrogens is 1. The topological polar surface area (TPSA) is 57.4 Å². The van der Waals surface area contributed by atoms with Crippen molar-refractivity contribution in [1.29, 1.82) is 0 Å². The normalized spacial score (nSPS) is 17.4. The fourth-order valence-electron chi connectivity index (χ4n) is 2.57. The molecule has 5 heteroatoms. The molecule has 0 spiro atoms. The lowest BCUT2D eigenvalue weighted by molar-refractivity contribution is 0.0682. The summed E-state index contributed by atoms with van der Waals surface area (Å²) < 4.78 is 0. The second-order valence-corrected chi connectivity index (χ2v) is 5.35. The first kappa shape index (κ1) is 13.1. The van der Waals surface area contributed by atoms with Crippen LogP contribution in [0.1, 0.15) is 19.3 Å². The monoisotopic (exact) mass is 249 g/mol. The van der Waals surface area contributed by atoms with Gasteiger partial charge in [-0.05, 0) is 45.5 Å². The molecule has 1 aliphatic carbocycles. The number of likely N-dealkylation sites (N-methyl/N-ethyl adjacent to an activating group) is 2. The van der Waals surface area contributed by atoms with Crippen LogP contribution in [-0.2, 0) is 0 Å². The van der Waals surface area contributed by atoms with E-state index < -0.39 is 0 Å². The van der Waals surface area contributed by atoms with Crippen molar-refractivity contribution in [3.8, 4) is 0 Å². The molecule has 100 valence electrons. The Hall–Kier alpha value is -1.33. The Morgan fingerprint density at radius 3 is 2.56 bits per heavy atom. The molecule has 1 aliphatic rings. The number of nitrogens with two attached hydrogens (primary N) is 1. The van der Waals surface area contributed by atoms with Crippen molar-refractivity contribution in [3.05, 3.63) is 18.2 Å². The zero-order valence-electron chi connectivity index (χ0n) is 11.5. The van der Waals surface area contributed by atoms with Crippen molar-refractivity contribution in [2.75, 3.05) is 38.0 Å². The molecule has 0 bridgehead atoms. The van der Waals surface area contributed by atoms with Crippen LogP contribution in [0.3, 0.4) is 0 Å². The van der Waals surface area contributed by atoms with Crippen LogP contribution < -0.4 is 16.2 Å². The highest BCUT2D eigenvalue weighted by atomic mass is 15.3. The number of rotatable bonds is 5. The first-order valence-corrected chi connectivity index (χ1v) is 6.40. The predicted octanol–water partition coefficient (Wildman–Crippen LogP) is 1.29. The molecule has 0 aliphatic heterocycles. The zero-order chi connectivity index (χ0) is 13.2. The summed E-state index contributed by atoms with van der Waals surface area (Å²) in [5, 5.41) is 0. The van der Waals surface area contributed by atoms with E-state index in [0.717, 1.165) is 12.4 Å². The van der Waals surface area contributed by atoms with Gasteiger partial charge in [-0.25, -0.2) is 10.8 Å². The molecule has 18 heavy (non-hydrogen) atoms. The summed E-state index contributed by atoms with van der Waals surface area (Å²) in [6.07, 6.45) is 3.85. The fraction of sp³-hybridized carbons (Fsp3) is 0.615. The number of hydrogen-bond acceptors (Lipinski definition) is 5. The van der Waals surface area contributed by atoms with E-state index >= 15 is 0 Å². The molecule has 1 saturated carbocycles. The van der Waals surface area contributed by atoms with Crippen LogP contribution in [0.25, 0.3) is 0 Å². The summed E-state index contributed by atoms with van der Waals surface area (Å²) in [6.45, 7) is 1.00. The van der Waals surface area contributed by atoms with E-state index in [0.29, 0.717) is 11.4 Å². The first-order valence-electron chi connectivity index (χ1n) is 6.40. The molecule has 0 saturated heterocycles. The van der Waals surface area contributed by atoms with Crippen molar-refractivity contribution in [1.82, 2.24) is 9.88 Å². The molecule has 1 aromatic heterocycles. The number of hydrogen-bond donors (Lipinski definition) is 2. The number of hydrazine groups is 1. The molecule has 0 amide bonds. The number of nitrogen functional groups attached to an aromatic ring is 1. The van der Waals surface area contributed by atoms with Gasteiger partial charge in [0.15, 0.2) is 0 Å². The minimum Gasteiger partial charge on any atom is -0.358 e. The predicted molar refractivity (Wildman–Crippen MR) is 75.6 cm³/mol. The third-order valence-electron chi connectivity index (χ3n) is 4.04. The van der Waals surface area contributed by atoms with Gasteiger partial charge in [0.2, 0.25) is 0 Å². The van der Waals surface area contributed by atoms with Crippen molar-refractivity contribution in [2.45, 2.75) is 24.8 Å². The minimum atomic E-state index is 0.308. The van der Waals surface area contributed by atoms with Gasteiger partial charge in [0.25, 0.3) is 0 Å². The molecular weight excluding hydrogens is 226 g/mol. The number of nitrogens with one attached hydrogen (secondary N) is 1. The van der Waals surface area contributed by atoms with Gasteiger partial charge in [0, 0.05) is 19.1 Å². The van der Waals surface area contributed by atoms with E-state index in [4.69, 9.17) is 5.84 Å². The summed E-state index contributed by atoms with van der Waals surface area (Å²) in [5.41, 5.74) is 2.90. The maximum atomic E-state index is 5.39. The molecule has 0 unspecified atom stereocenters. The number of pyridine rings is 1. The van der Waals surface area contributed by atoms with Crippen LogP contribution in [0.4, 0.5) is 11.6 Å². The third kappa shape index (κ3) is 2.42. The highest BCUT2D eigenvalue weighted by Crippen LogP contribution is 2.37. The number of nitrogens with zero attached hydrogens (tertiary/aromatic N) is 3. The summed E-state index contributed by atoms with van der Waals surface area (Å²) in [6, 6.07) is 5.85. The van der Waals surface area contributed by atoms with Crippen molar-refractivity contribution in [2.24, 2.45) is 5.84 Å². The van der Waals surface area contributed by atoms with Crippen LogP contribution >= 0.6 is 0 Å². The van der Waals surface area contributed by atoms with Gasteiger partial charge in [-0.2, -0.15) is 0 Å². The van der Waals surface area contributed by atoms with E-state index in [2.05, 4.69) is 41.4 Å². The van der Waals surface area contributed by atoms with Crippen LogP contribution in [0.2, 0.25) is 0 Å². The lowest BCUT2D eigenvalue weighted by Crippen LogP contribution is -2.56. The summed E-state index contributed by atoms with van der Waals surface area (Å²) in [4.78, 5) is 9.02. The van der Waals surface area contributed by atoms with E-state index in [-0.39, 0.29) is 0 Å². The Kier molecular flexibility index (Phi) is 3.73. The number of anilines is 2. The standard InChI is InChI=1S/C13H23N5/c1-17(2)13(8-5-9-13)10-18(3)12-7-4-6-11(15-12)16-14/h4,6-7H,5,8-10,14H2,1-3H3,(H,15,16). The average molecular weight is 249 g/mol. The average Bonchev–Trinajstić information content (AvgIpc) is 2.33. The van der Waals surface area contributed by atoms with E-state index in [9.17, 15) is 0 Å². The summed E-state index contributed by atoms with van der Waals surface area (Å²) >= 11 is 0. The van der Waals surface area contributed by atoms with Gasteiger partial charge in [-0.3, -0.25) is 0 Å². The molecule has 2 rings (SSSR count). The van der Waals surface area contributed by atoms with Crippen molar-refractivity contribution >= 4 is 11.6 Å². The van der Waals surface area contributed by atoms with E-state index in [1.807, 2.05) is 18.2 Å². The fourth-order valence-corrected chi connectivity index (χ4v) is 2.57. The van der Waals surface area contributed by atoms with E-state index in [1.54, 1.807) is 0 Å². The Balaban J connectivity index is 2.09. The smallest absolute Gasteiger partial charge is 0.142 e. The second-order valence-electron chi connectivity index (χ2n) is 5.35. The molecule has 0 radical (unpaired) electrons. The lowest BCUT2D eigenvalue weighted by Gasteiger charge is -2.49. The second kappa shape index (κ2) is 5.12. The van der Waals surface area contributed by atoms with Gasteiger partial charge >= 0.3 is 0 Å². The van der Waals surface area contributed by atoms with Gasteiger partial charge < -0.3 is 15.2 Å². The summed E-state index contributed by atoms with van der Waals surface area (Å²) in [7, 11) is 6.42. The van der Waals surface area contributed by atoms with Crippen molar-refractivity contribution in [3.63, 3.8) is 0 Å². The van der Waals surface area contributed by atoms with Gasteiger partial charge in [0.1, 0.15) is 11.6 Å². The Labute approximate surface area is 109 Å². The van der Waals surface area contributed by atoms with Crippen LogP contribution in [0.15, 0.2) is 18.2 Å². The minimum absolute atomic E-state index is 0.308. The van der Waals surface area contributed by atoms with Gasteiger partial charge in [-0.1, -0.05) is 6.07 Å². The Morgan fingerprint density at radius 1 is 1.33 bits per heavy atom. The highest BCUT2D eigenvalue weighted by Gasteiger charge is 2.40. The van der Waals surface area contributed by atoms with Crippen LogP contribution in [-0.4, -0.2) is 43.1 Å². The van der Waals surface area contributed by atoms with Crippen molar-refractivity contribution < 1.29 is 0 Å². The first-order chi connectivity index (χ1) is 8.57.